The minimum absolute atomic E-state index is 0.0817. The van der Waals surface area contributed by atoms with Crippen molar-refractivity contribution >= 4 is 28.0 Å². The number of carboxylic acids is 1. The molecule has 0 unspecified atom stereocenters. The molecule has 0 aliphatic heterocycles. The molecule has 0 aromatic heterocycles. The second kappa shape index (κ2) is 4.82. The third kappa shape index (κ3) is 3.42. The van der Waals surface area contributed by atoms with Crippen LogP contribution in [0.25, 0.3) is 6.08 Å². The summed E-state index contributed by atoms with van der Waals surface area (Å²) >= 11 is 3.17. The molecule has 68 valence electrons. The molecule has 1 N–H and O–H groups in total. The highest BCUT2D eigenvalue weighted by Gasteiger charge is 1.98. The van der Waals surface area contributed by atoms with Gasteiger partial charge in [0.2, 0.25) is 0 Å². The van der Waals surface area contributed by atoms with E-state index in [0.717, 1.165) is 11.1 Å². The molecule has 0 bridgehead atoms. The van der Waals surface area contributed by atoms with Crippen molar-refractivity contribution in [2.24, 2.45) is 0 Å². The van der Waals surface area contributed by atoms with Gasteiger partial charge < -0.3 is 5.11 Å². The Kier molecular flexibility index (Phi) is 3.71. The normalized spacial score (nSPS) is 10.5. The van der Waals surface area contributed by atoms with Gasteiger partial charge >= 0.3 is 5.97 Å². The second-order valence-electron chi connectivity index (χ2n) is 2.60. The van der Waals surface area contributed by atoms with Crippen molar-refractivity contribution in [3.8, 4) is 0 Å². The van der Waals surface area contributed by atoms with Crippen LogP contribution in [-0.2, 0) is 11.2 Å². The number of rotatable bonds is 3. The van der Waals surface area contributed by atoms with Crippen LogP contribution in [0.5, 0.6) is 0 Å². The number of hydrogen-bond acceptors (Lipinski definition) is 1. The zero-order valence-electron chi connectivity index (χ0n) is 6.90. The monoisotopic (exact) mass is 240 g/mol. The van der Waals surface area contributed by atoms with Crippen LogP contribution in [0.2, 0.25) is 0 Å². The standard InChI is InChI=1S/C10H9BrO2/c11-6-5-8-1-3-9(4-2-8)7-10(12)13/h1-6H,7H2,(H,12,13)/b6-5+. The minimum atomic E-state index is -0.802. The number of carbonyl (C=O) groups is 1. The summed E-state index contributed by atoms with van der Waals surface area (Å²) in [6, 6.07) is 7.40. The van der Waals surface area contributed by atoms with Crippen LogP contribution >= 0.6 is 15.9 Å². The van der Waals surface area contributed by atoms with Gasteiger partial charge in [-0.2, -0.15) is 0 Å². The summed E-state index contributed by atoms with van der Waals surface area (Å²) in [5.41, 5.74) is 1.87. The van der Waals surface area contributed by atoms with E-state index in [0.29, 0.717) is 0 Å². The molecule has 3 heteroatoms. The highest BCUT2D eigenvalue weighted by Crippen LogP contribution is 2.07. The Morgan fingerprint density at radius 3 is 2.46 bits per heavy atom. The molecule has 13 heavy (non-hydrogen) atoms. The Bertz CT molecular complexity index is 314. The van der Waals surface area contributed by atoms with Crippen molar-refractivity contribution in [3.05, 3.63) is 40.4 Å². The number of benzene rings is 1. The molecule has 0 saturated carbocycles. The maximum atomic E-state index is 10.4. The third-order valence-electron chi connectivity index (χ3n) is 1.59. The van der Waals surface area contributed by atoms with Gasteiger partial charge in [-0.3, -0.25) is 4.79 Å². The van der Waals surface area contributed by atoms with Crippen LogP contribution in [0.3, 0.4) is 0 Å². The van der Waals surface area contributed by atoms with E-state index in [9.17, 15) is 4.79 Å². The first kappa shape index (κ1) is 9.99. The Labute approximate surface area is 85.0 Å². The molecule has 0 spiro atoms. The summed E-state index contributed by atoms with van der Waals surface area (Å²) in [7, 11) is 0. The predicted molar refractivity (Wildman–Crippen MR) is 55.7 cm³/mol. The third-order valence-corrected chi connectivity index (χ3v) is 1.85. The van der Waals surface area contributed by atoms with Gasteiger partial charge in [-0.05, 0) is 22.2 Å². The highest BCUT2D eigenvalue weighted by molar-refractivity contribution is 9.11. The van der Waals surface area contributed by atoms with Crippen molar-refractivity contribution in [1.29, 1.82) is 0 Å². The molecule has 0 fully saturated rings. The molecular weight excluding hydrogens is 232 g/mol. The fourth-order valence-corrected chi connectivity index (χ4v) is 1.30. The minimum Gasteiger partial charge on any atom is -0.481 e. The van der Waals surface area contributed by atoms with Gasteiger partial charge in [-0.15, -0.1) is 0 Å². The summed E-state index contributed by atoms with van der Waals surface area (Å²) in [5.74, 6) is -0.802. The van der Waals surface area contributed by atoms with Crippen molar-refractivity contribution in [2.75, 3.05) is 0 Å². The van der Waals surface area contributed by atoms with Crippen molar-refractivity contribution in [3.63, 3.8) is 0 Å². The van der Waals surface area contributed by atoms with E-state index in [4.69, 9.17) is 5.11 Å². The number of carboxylic acid groups (broad SMARTS) is 1. The van der Waals surface area contributed by atoms with Crippen LogP contribution in [-0.4, -0.2) is 11.1 Å². The van der Waals surface area contributed by atoms with E-state index < -0.39 is 5.97 Å². The molecular formula is C10H9BrO2. The van der Waals surface area contributed by atoms with Crippen molar-refractivity contribution in [1.82, 2.24) is 0 Å². The first-order chi connectivity index (χ1) is 6.22. The molecule has 0 amide bonds. The van der Waals surface area contributed by atoms with Crippen LogP contribution in [0.15, 0.2) is 29.3 Å². The van der Waals surface area contributed by atoms with E-state index in [1.165, 1.54) is 0 Å². The van der Waals surface area contributed by atoms with Gasteiger partial charge in [0.15, 0.2) is 0 Å². The largest absolute Gasteiger partial charge is 0.481 e. The number of aliphatic carboxylic acids is 1. The molecule has 0 aliphatic carbocycles. The number of halogens is 1. The molecule has 0 saturated heterocycles. The van der Waals surface area contributed by atoms with E-state index in [-0.39, 0.29) is 6.42 Å². The average Bonchev–Trinajstić information content (AvgIpc) is 2.08. The lowest BCUT2D eigenvalue weighted by Gasteiger charge is -1.97. The van der Waals surface area contributed by atoms with Gasteiger partial charge in [0.05, 0.1) is 6.42 Å². The fourth-order valence-electron chi connectivity index (χ4n) is 0.994. The predicted octanol–water partition coefficient (Wildman–Crippen LogP) is 2.68. The van der Waals surface area contributed by atoms with Crippen molar-refractivity contribution < 1.29 is 9.90 Å². The summed E-state index contributed by atoms with van der Waals surface area (Å²) in [6.07, 6.45) is 1.98. The lowest BCUT2D eigenvalue weighted by Crippen LogP contribution is -1.99. The van der Waals surface area contributed by atoms with Gasteiger partial charge in [-0.1, -0.05) is 40.2 Å². The first-order valence-corrected chi connectivity index (χ1v) is 4.71. The summed E-state index contributed by atoms with van der Waals surface area (Å²) in [5, 5.41) is 8.52. The Balaban J connectivity index is 2.75. The van der Waals surface area contributed by atoms with Crippen LogP contribution in [0.4, 0.5) is 0 Å². The lowest BCUT2D eigenvalue weighted by atomic mass is 10.1. The van der Waals surface area contributed by atoms with Crippen molar-refractivity contribution in [2.45, 2.75) is 6.42 Å². The van der Waals surface area contributed by atoms with E-state index in [1.54, 1.807) is 4.99 Å². The van der Waals surface area contributed by atoms with E-state index in [1.807, 2.05) is 30.3 Å². The van der Waals surface area contributed by atoms with Gasteiger partial charge in [-0.25, -0.2) is 0 Å². The molecule has 1 aromatic rings. The number of hydrogen-bond donors (Lipinski definition) is 1. The summed E-state index contributed by atoms with van der Waals surface area (Å²) in [6.45, 7) is 0. The Hall–Kier alpha value is -1.09. The van der Waals surface area contributed by atoms with Crippen LogP contribution in [0, 0.1) is 0 Å². The SMILES string of the molecule is O=C(O)Cc1ccc(/C=C/Br)cc1. The van der Waals surface area contributed by atoms with Gasteiger partial charge in [0, 0.05) is 0 Å². The molecule has 1 aromatic carbocycles. The van der Waals surface area contributed by atoms with E-state index >= 15 is 0 Å². The average molecular weight is 241 g/mol. The quantitative estimate of drug-likeness (QED) is 0.883. The smallest absolute Gasteiger partial charge is 0.307 e. The highest BCUT2D eigenvalue weighted by atomic mass is 79.9. The maximum absolute atomic E-state index is 10.4. The Morgan fingerprint density at radius 1 is 1.38 bits per heavy atom. The molecule has 0 radical (unpaired) electrons. The van der Waals surface area contributed by atoms with Gasteiger partial charge in [0.25, 0.3) is 0 Å². The molecule has 0 aliphatic rings. The molecule has 0 atom stereocenters. The second-order valence-corrected chi connectivity index (χ2v) is 3.13. The fraction of sp³-hybridized carbons (Fsp3) is 0.100. The Morgan fingerprint density at radius 2 is 2.00 bits per heavy atom. The molecule has 0 heterocycles. The van der Waals surface area contributed by atoms with Gasteiger partial charge in [0.1, 0.15) is 0 Å². The molecule has 1 rings (SSSR count). The first-order valence-electron chi connectivity index (χ1n) is 3.80. The van der Waals surface area contributed by atoms with E-state index in [2.05, 4.69) is 15.9 Å². The molecule has 2 nitrogen and oxygen atoms in total. The summed E-state index contributed by atoms with van der Waals surface area (Å²) < 4.78 is 0. The topological polar surface area (TPSA) is 37.3 Å². The summed E-state index contributed by atoms with van der Waals surface area (Å²) in [4.78, 5) is 12.1. The zero-order chi connectivity index (χ0) is 9.68. The maximum Gasteiger partial charge on any atom is 0.307 e. The zero-order valence-corrected chi connectivity index (χ0v) is 8.49. The van der Waals surface area contributed by atoms with Crippen LogP contribution in [0.1, 0.15) is 11.1 Å². The lowest BCUT2D eigenvalue weighted by molar-refractivity contribution is -0.136. The van der Waals surface area contributed by atoms with Crippen LogP contribution < -0.4 is 0 Å².